The van der Waals surface area contributed by atoms with Crippen LogP contribution in [0.15, 0.2) is 0 Å². The highest BCUT2D eigenvalue weighted by atomic mass is 31.2. The molecule has 0 saturated carbocycles. The molecule has 6 N–H and O–H groups in total. The van der Waals surface area contributed by atoms with Crippen molar-refractivity contribution in [2.45, 2.75) is 6.04 Å². The second-order valence-corrected chi connectivity index (χ2v) is 3.83. The number of hydrogen-bond acceptors (Lipinski definition) is 6. The van der Waals surface area contributed by atoms with Gasteiger partial charge in [-0.15, -0.1) is 0 Å². The van der Waals surface area contributed by atoms with E-state index in [4.69, 9.17) is 25.5 Å². The first-order valence-corrected chi connectivity index (χ1v) is 4.64. The van der Waals surface area contributed by atoms with Gasteiger partial charge in [-0.1, -0.05) is 0 Å². The van der Waals surface area contributed by atoms with Gasteiger partial charge in [0.25, 0.3) is 0 Å². The summed E-state index contributed by atoms with van der Waals surface area (Å²) in [5.74, 6) is -2.70. The summed E-state index contributed by atoms with van der Waals surface area (Å²) >= 11 is 0. The fourth-order valence-corrected chi connectivity index (χ4v) is 1.06. The fourth-order valence-electron chi connectivity index (χ4n) is 0.445. The van der Waals surface area contributed by atoms with Crippen LogP contribution in [0.2, 0.25) is 0 Å². The van der Waals surface area contributed by atoms with Crippen molar-refractivity contribution in [3.63, 3.8) is 0 Å². The minimum absolute atomic E-state index is 1.03. The number of hydrogen-bond donors (Lipinski definition) is 5. The number of carbonyl (C=O) groups excluding carboxylic acids is 1. The fraction of sp³-hybridized carbons (Fsp3) is 0.500. The molecule has 0 aromatic rings. The van der Waals surface area contributed by atoms with Crippen LogP contribution in [-0.4, -0.2) is 43.7 Å². The number of rotatable bonds is 4. The molecule has 0 rings (SSSR count). The first-order chi connectivity index (χ1) is 5.24. The van der Waals surface area contributed by atoms with Crippen molar-refractivity contribution in [2.24, 2.45) is 5.73 Å². The predicted octanol–water partition coefficient (Wildman–Crippen LogP) is -2.29. The van der Waals surface area contributed by atoms with E-state index in [0.717, 1.165) is 0 Å². The van der Waals surface area contributed by atoms with Crippen LogP contribution >= 0.6 is 7.94 Å². The molecule has 0 saturated heterocycles. The molecular formula is C4H9NO6P+. The topological polar surface area (TPSA) is 141 Å². The molecule has 8 heteroatoms. The third-order valence-corrected chi connectivity index (χ3v) is 1.72. The van der Waals surface area contributed by atoms with Gasteiger partial charge in [-0.25, -0.2) is 0 Å². The van der Waals surface area contributed by atoms with Crippen molar-refractivity contribution in [3.05, 3.63) is 0 Å². The second kappa shape index (κ2) is 3.88. The lowest BCUT2D eigenvalue weighted by Gasteiger charge is -2.05. The summed E-state index contributed by atoms with van der Waals surface area (Å²) in [6.45, 7) is 0. The van der Waals surface area contributed by atoms with Crippen molar-refractivity contribution < 1.29 is 29.4 Å². The molecule has 0 aliphatic carbocycles. The molecule has 0 spiro atoms. The molecule has 0 radical (unpaired) electrons. The minimum atomic E-state index is -4.26. The Morgan fingerprint density at radius 3 is 2.00 bits per heavy atom. The van der Waals surface area contributed by atoms with Crippen molar-refractivity contribution in [3.8, 4) is 0 Å². The predicted molar refractivity (Wildman–Crippen MR) is 39.1 cm³/mol. The van der Waals surface area contributed by atoms with E-state index in [-0.39, 0.29) is 0 Å². The Kier molecular flexibility index (Phi) is 3.69. The van der Waals surface area contributed by atoms with E-state index in [0.29, 0.717) is 0 Å². The Bertz CT molecular complexity index is 198. The van der Waals surface area contributed by atoms with Gasteiger partial charge in [-0.05, 0) is 0 Å². The Morgan fingerprint density at radius 1 is 1.33 bits per heavy atom. The standard InChI is InChI=1S/C4H8NO6P/c5-3(4(7)8)2(6)1-12(9,10)11/h3,9-11H,1,5H2/p+1/t3-/m0/s1. The Labute approximate surface area is 68.0 Å². The Balaban J connectivity index is 4.15. The third kappa shape index (κ3) is 4.32. The minimum Gasteiger partial charge on any atom is -0.480 e. The average molecular weight is 198 g/mol. The van der Waals surface area contributed by atoms with Gasteiger partial charge in [0.15, 0.2) is 12.2 Å². The second-order valence-electron chi connectivity index (χ2n) is 2.13. The van der Waals surface area contributed by atoms with E-state index in [2.05, 4.69) is 0 Å². The van der Waals surface area contributed by atoms with Crippen molar-refractivity contribution in [1.29, 1.82) is 0 Å². The number of aliphatic carboxylic acids is 1. The molecule has 0 aromatic heterocycles. The van der Waals surface area contributed by atoms with Crippen LogP contribution in [0.3, 0.4) is 0 Å². The highest BCUT2D eigenvalue weighted by Crippen LogP contribution is 2.44. The number of Topliss-reactive ketones (excluding diaryl/α,β-unsaturated/α-hetero) is 1. The van der Waals surface area contributed by atoms with Gasteiger partial charge in [0.1, 0.15) is 0 Å². The van der Waals surface area contributed by atoms with Crippen molar-refractivity contribution >= 4 is 19.7 Å². The molecule has 1 atom stereocenters. The lowest BCUT2D eigenvalue weighted by molar-refractivity contribution is -0.141. The van der Waals surface area contributed by atoms with E-state index in [9.17, 15) is 9.59 Å². The summed E-state index contributed by atoms with van der Waals surface area (Å²) in [4.78, 5) is 45.8. The summed E-state index contributed by atoms with van der Waals surface area (Å²) < 4.78 is 0. The van der Waals surface area contributed by atoms with Gasteiger partial charge in [0.05, 0.1) is 0 Å². The van der Waals surface area contributed by atoms with E-state index in [1.807, 2.05) is 0 Å². The highest BCUT2D eigenvalue weighted by Gasteiger charge is 2.37. The van der Waals surface area contributed by atoms with Crippen LogP contribution in [0.1, 0.15) is 0 Å². The number of carbonyl (C=O) groups is 2. The molecule has 0 aliphatic heterocycles. The number of carboxylic acids is 1. The molecule has 0 aliphatic rings. The molecule has 70 valence electrons. The van der Waals surface area contributed by atoms with Crippen LogP contribution < -0.4 is 5.73 Å². The van der Waals surface area contributed by atoms with E-state index >= 15 is 0 Å². The highest BCUT2D eigenvalue weighted by molar-refractivity contribution is 7.59. The summed E-state index contributed by atoms with van der Waals surface area (Å²) in [6, 6.07) is -1.82. The monoisotopic (exact) mass is 198 g/mol. The van der Waals surface area contributed by atoms with Gasteiger partial charge in [0.2, 0.25) is 5.78 Å². The maximum absolute atomic E-state index is 10.6. The summed E-state index contributed by atoms with van der Waals surface area (Å²) in [5, 5.41) is 8.17. The average Bonchev–Trinajstić information content (AvgIpc) is 1.82. The lowest BCUT2D eigenvalue weighted by Crippen LogP contribution is -2.40. The molecule has 0 unspecified atom stereocenters. The maximum Gasteiger partial charge on any atom is 0.411 e. The summed E-state index contributed by atoms with van der Waals surface area (Å²) in [6.07, 6.45) is -1.03. The summed E-state index contributed by atoms with van der Waals surface area (Å²) in [5.41, 5.74) is 4.80. The van der Waals surface area contributed by atoms with E-state index < -0.39 is 31.9 Å². The normalized spacial score (nSPS) is 14.0. The van der Waals surface area contributed by atoms with Gasteiger partial charge in [-0.2, -0.15) is 14.7 Å². The first-order valence-electron chi connectivity index (χ1n) is 2.81. The molecule has 0 heterocycles. The van der Waals surface area contributed by atoms with Crippen LogP contribution in [-0.2, 0) is 9.59 Å². The number of carboxylic acid groups (broad SMARTS) is 1. The molecule has 0 aromatic carbocycles. The zero-order valence-corrected chi connectivity index (χ0v) is 6.81. The Morgan fingerprint density at radius 2 is 1.75 bits per heavy atom. The van der Waals surface area contributed by atoms with Gasteiger partial charge >= 0.3 is 13.9 Å². The lowest BCUT2D eigenvalue weighted by atomic mass is 10.2. The van der Waals surface area contributed by atoms with Crippen LogP contribution in [0.5, 0.6) is 0 Å². The number of ketones is 1. The van der Waals surface area contributed by atoms with Crippen LogP contribution in [0.4, 0.5) is 0 Å². The summed E-state index contributed by atoms with van der Waals surface area (Å²) in [7, 11) is -4.26. The first kappa shape index (κ1) is 11.4. The molecular weight excluding hydrogens is 189 g/mol. The van der Waals surface area contributed by atoms with Gasteiger partial charge in [-0.3, -0.25) is 9.59 Å². The molecule has 0 amide bonds. The van der Waals surface area contributed by atoms with Gasteiger partial charge in [0, 0.05) is 0 Å². The van der Waals surface area contributed by atoms with Crippen LogP contribution in [0, 0.1) is 0 Å². The third-order valence-electron chi connectivity index (χ3n) is 0.981. The molecule has 12 heavy (non-hydrogen) atoms. The van der Waals surface area contributed by atoms with E-state index in [1.54, 1.807) is 0 Å². The molecule has 0 bridgehead atoms. The van der Waals surface area contributed by atoms with E-state index in [1.165, 1.54) is 0 Å². The zero-order chi connectivity index (χ0) is 9.94. The quantitative estimate of drug-likeness (QED) is 0.253. The number of nitrogens with two attached hydrogens (primary N) is 1. The van der Waals surface area contributed by atoms with Crippen molar-refractivity contribution in [2.75, 3.05) is 6.16 Å². The maximum atomic E-state index is 10.6. The van der Waals surface area contributed by atoms with Gasteiger partial charge < -0.3 is 10.8 Å². The molecule has 7 nitrogen and oxygen atoms in total. The largest absolute Gasteiger partial charge is 0.480 e. The zero-order valence-electron chi connectivity index (χ0n) is 5.91. The van der Waals surface area contributed by atoms with Crippen LogP contribution in [0.25, 0.3) is 0 Å². The smallest absolute Gasteiger partial charge is 0.411 e. The SMILES string of the molecule is N[C@H](C(=O)O)C(=O)C[P+](O)(O)O. The van der Waals surface area contributed by atoms with Crippen molar-refractivity contribution in [1.82, 2.24) is 0 Å². The molecule has 0 fully saturated rings. The Hall–Kier alpha value is -0.590.